The summed E-state index contributed by atoms with van der Waals surface area (Å²) in [7, 11) is 0. The number of para-hydroxylation sites is 1. The lowest BCUT2D eigenvalue weighted by Gasteiger charge is -2.39. The zero-order chi connectivity index (χ0) is 22.5. The van der Waals surface area contributed by atoms with Crippen molar-refractivity contribution in [2.75, 3.05) is 11.9 Å². The maximum absolute atomic E-state index is 12.4. The van der Waals surface area contributed by atoms with Crippen LogP contribution in [0.3, 0.4) is 0 Å². The van der Waals surface area contributed by atoms with E-state index in [1.54, 1.807) is 18.2 Å². The fourth-order valence-corrected chi connectivity index (χ4v) is 3.10. The SMILES string of the molecule is O=C(Cc1ccccc1OC1OC(CO)C(O)C(O)C1O)Nc1ccc([N+](=O)[O-])cc1. The van der Waals surface area contributed by atoms with Gasteiger partial charge in [-0.15, -0.1) is 0 Å². The molecule has 31 heavy (non-hydrogen) atoms. The molecule has 1 amide bonds. The Balaban J connectivity index is 1.68. The van der Waals surface area contributed by atoms with Crippen LogP contribution in [0, 0.1) is 10.1 Å². The molecule has 1 aliphatic rings. The molecule has 1 aliphatic heterocycles. The summed E-state index contributed by atoms with van der Waals surface area (Å²) >= 11 is 0. The van der Waals surface area contributed by atoms with Crippen LogP contribution in [-0.4, -0.2) is 68.6 Å². The minimum Gasteiger partial charge on any atom is -0.462 e. The Kier molecular flexibility index (Phi) is 7.15. The topological polar surface area (TPSA) is 172 Å². The van der Waals surface area contributed by atoms with Crippen molar-refractivity contribution in [3.05, 3.63) is 64.2 Å². The number of hydrogen-bond donors (Lipinski definition) is 5. The quantitative estimate of drug-likeness (QED) is 0.296. The van der Waals surface area contributed by atoms with Crippen molar-refractivity contribution >= 4 is 17.3 Å². The maximum Gasteiger partial charge on any atom is 0.269 e. The van der Waals surface area contributed by atoms with Crippen molar-refractivity contribution in [2.45, 2.75) is 37.1 Å². The first-order valence-electron chi connectivity index (χ1n) is 9.39. The summed E-state index contributed by atoms with van der Waals surface area (Å²) in [6, 6.07) is 11.8. The predicted molar refractivity (Wildman–Crippen MR) is 106 cm³/mol. The van der Waals surface area contributed by atoms with Crippen LogP contribution in [0.25, 0.3) is 0 Å². The molecular weight excluding hydrogens is 412 g/mol. The van der Waals surface area contributed by atoms with E-state index in [9.17, 15) is 35.3 Å². The molecule has 2 aromatic carbocycles. The highest BCUT2D eigenvalue weighted by Gasteiger charge is 2.44. The second-order valence-corrected chi connectivity index (χ2v) is 6.95. The number of hydrogen-bond acceptors (Lipinski definition) is 9. The third kappa shape index (κ3) is 5.34. The van der Waals surface area contributed by atoms with Gasteiger partial charge in [0, 0.05) is 23.4 Å². The van der Waals surface area contributed by atoms with Gasteiger partial charge in [0.1, 0.15) is 30.2 Å². The molecule has 0 spiro atoms. The number of aliphatic hydroxyl groups is 4. The number of aliphatic hydroxyl groups excluding tert-OH is 4. The summed E-state index contributed by atoms with van der Waals surface area (Å²) in [6.45, 7) is -0.593. The number of ether oxygens (including phenoxy) is 2. The van der Waals surface area contributed by atoms with E-state index in [2.05, 4.69) is 5.32 Å². The lowest BCUT2D eigenvalue weighted by Crippen LogP contribution is -2.60. The van der Waals surface area contributed by atoms with Crippen LogP contribution in [0.1, 0.15) is 5.56 Å². The molecule has 3 rings (SSSR count). The molecule has 0 bridgehead atoms. The standard InChI is InChI=1S/C20H22N2O9/c23-10-15-17(25)18(26)19(27)20(31-15)30-14-4-2-1-3-11(14)9-16(24)21-12-5-7-13(8-6-12)22(28)29/h1-8,15,17-20,23,25-27H,9-10H2,(H,21,24). The van der Waals surface area contributed by atoms with Crippen molar-refractivity contribution < 1.29 is 39.6 Å². The highest BCUT2D eigenvalue weighted by atomic mass is 16.7. The summed E-state index contributed by atoms with van der Waals surface area (Å²) in [4.78, 5) is 22.6. The van der Waals surface area contributed by atoms with Gasteiger partial charge in [0.2, 0.25) is 12.2 Å². The number of amides is 1. The van der Waals surface area contributed by atoms with Crippen molar-refractivity contribution in [3.63, 3.8) is 0 Å². The van der Waals surface area contributed by atoms with E-state index in [-0.39, 0.29) is 17.9 Å². The number of nitrogens with zero attached hydrogens (tertiary/aromatic N) is 1. The van der Waals surface area contributed by atoms with Gasteiger partial charge in [0.05, 0.1) is 18.0 Å². The van der Waals surface area contributed by atoms with E-state index in [4.69, 9.17) is 9.47 Å². The molecule has 11 nitrogen and oxygen atoms in total. The molecule has 0 saturated carbocycles. The van der Waals surface area contributed by atoms with Crippen LogP contribution < -0.4 is 10.1 Å². The number of benzene rings is 2. The van der Waals surface area contributed by atoms with Crippen molar-refractivity contribution in [2.24, 2.45) is 0 Å². The number of nitro groups is 1. The number of nitrogens with one attached hydrogen (secondary N) is 1. The number of carbonyl (C=O) groups is 1. The van der Waals surface area contributed by atoms with Crippen LogP contribution in [0.2, 0.25) is 0 Å². The average Bonchev–Trinajstić information content (AvgIpc) is 2.75. The molecule has 1 saturated heterocycles. The predicted octanol–water partition coefficient (Wildman–Crippen LogP) is -0.0453. The van der Waals surface area contributed by atoms with E-state index < -0.39 is 48.1 Å². The molecule has 5 unspecified atom stereocenters. The van der Waals surface area contributed by atoms with E-state index in [0.29, 0.717) is 11.3 Å². The van der Waals surface area contributed by atoms with Crippen molar-refractivity contribution in [1.82, 2.24) is 0 Å². The normalized spacial score (nSPS) is 25.6. The Morgan fingerprint density at radius 1 is 1.06 bits per heavy atom. The number of rotatable bonds is 7. The minimum atomic E-state index is -1.59. The molecule has 0 aromatic heterocycles. The molecule has 5 N–H and O–H groups in total. The number of non-ortho nitro benzene ring substituents is 1. The fourth-order valence-electron chi connectivity index (χ4n) is 3.10. The Morgan fingerprint density at radius 3 is 2.39 bits per heavy atom. The second-order valence-electron chi connectivity index (χ2n) is 6.95. The molecule has 0 aliphatic carbocycles. The first kappa shape index (κ1) is 22.6. The Bertz CT molecular complexity index is 919. The summed E-state index contributed by atoms with van der Waals surface area (Å²) in [5, 5.41) is 52.5. The van der Waals surface area contributed by atoms with Crippen LogP contribution in [-0.2, 0) is 16.0 Å². The first-order chi connectivity index (χ1) is 14.8. The van der Waals surface area contributed by atoms with Gasteiger partial charge in [-0.25, -0.2) is 0 Å². The molecule has 2 aromatic rings. The van der Waals surface area contributed by atoms with E-state index in [1.807, 2.05) is 0 Å². The van der Waals surface area contributed by atoms with Gasteiger partial charge in [0.25, 0.3) is 5.69 Å². The number of anilines is 1. The van der Waals surface area contributed by atoms with E-state index in [1.165, 1.54) is 30.3 Å². The van der Waals surface area contributed by atoms with E-state index >= 15 is 0 Å². The maximum atomic E-state index is 12.4. The Hall–Kier alpha value is -3.09. The second kappa shape index (κ2) is 9.81. The highest BCUT2D eigenvalue weighted by molar-refractivity contribution is 5.92. The molecule has 1 heterocycles. The third-order valence-corrected chi connectivity index (χ3v) is 4.78. The largest absolute Gasteiger partial charge is 0.462 e. The van der Waals surface area contributed by atoms with E-state index in [0.717, 1.165) is 0 Å². The fraction of sp³-hybridized carbons (Fsp3) is 0.350. The number of carbonyl (C=O) groups excluding carboxylic acids is 1. The van der Waals surface area contributed by atoms with Gasteiger partial charge in [-0.2, -0.15) is 0 Å². The summed E-state index contributed by atoms with van der Waals surface area (Å²) in [5.41, 5.74) is 0.720. The first-order valence-corrected chi connectivity index (χ1v) is 9.39. The summed E-state index contributed by atoms with van der Waals surface area (Å²) in [6.07, 6.45) is -7.31. The van der Waals surface area contributed by atoms with Gasteiger partial charge in [-0.1, -0.05) is 18.2 Å². The van der Waals surface area contributed by atoms with Crippen molar-refractivity contribution in [1.29, 1.82) is 0 Å². The van der Waals surface area contributed by atoms with Crippen LogP contribution in [0.4, 0.5) is 11.4 Å². The lowest BCUT2D eigenvalue weighted by molar-refractivity contribution is -0.384. The third-order valence-electron chi connectivity index (χ3n) is 4.78. The van der Waals surface area contributed by atoms with Gasteiger partial charge in [0.15, 0.2) is 0 Å². The monoisotopic (exact) mass is 434 g/mol. The molecule has 5 atom stereocenters. The molecule has 1 fully saturated rings. The zero-order valence-corrected chi connectivity index (χ0v) is 16.2. The van der Waals surface area contributed by atoms with Gasteiger partial charge in [-0.3, -0.25) is 14.9 Å². The smallest absolute Gasteiger partial charge is 0.269 e. The van der Waals surface area contributed by atoms with Crippen LogP contribution >= 0.6 is 0 Å². The lowest BCUT2D eigenvalue weighted by atomic mass is 9.99. The molecule has 166 valence electrons. The van der Waals surface area contributed by atoms with Gasteiger partial charge >= 0.3 is 0 Å². The van der Waals surface area contributed by atoms with Crippen LogP contribution in [0.5, 0.6) is 5.75 Å². The Labute approximate surface area is 176 Å². The molecular formula is C20H22N2O9. The average molecular weight is 434 g/mol. The molecule has 0 radical (unpaired) electrons. The minimum absolute atomic E-state index is 0.101. The van der Waals surface area contributed by atoms with Crippen molar-refractivity contribution in [3.8, 4) is 5.75 Å². The summed E-state index contributed by atoms with van der Waals surface area (Å²) < 4.78 is 11.0. The summed E-state index contributed by atoms with van der Waals surface area (Å²) in [5.74, 6) is -0.218. The molecule has 11 heteroatoms. The number of nitro benzene ring substituents is 1. The highest BCUT2D eigenvalue weighted by Crippen LogP contribution is 2.27. The van der Waals surface area contributed by atoms with Gasteiger partial charge in [-0.05, 0) is 18.2 Å². The zero-order valence-electron chi connectivity index (χ0n) is 16.2. The van der Waals surface area contributed by atoms with Gasteiger partial charge < -0.3 is 35.2 Å². The van der Waals surface area contributed by atoms with Crippen LogP contribution in [0.15, 0.2) is 48.5 Å². The Morgan fingerprint density at radius 2 is 1.74 bits per heavy atom.